The van der Waals surface area contributed by atoms with Crippen molar-refractivity contribution < 1.29 is 4.79 Å². The number of benzene rings is 1. The molecule has 23 heavy (non-hydrogen) atoms. The Balaban J connectivity index is 0.00000192. The van der Waals surface area contributed by atoms with E-state index in [9.17, 15) is 4.79 Å². The Kier molecular flexibility index (Phi) is 5.09. The lowest BCUT2D eigenvalue weighted by molar-refractivity contribution is -0.122. The molecule has 1 aliphatic rings. The molecule has 2 unspecified atom stereocenters. The van der Waals surface area contributed by atoms with Gasteiger partial charge in [-0.05, 0) is 31.0 Å². The van der Waals surface area contributed by atoms with Gasteiger partial charge in [0.1, 0.15) is 5.82 Å². The van der Waals surface area contributed by atoms with Gasteiger partial charge in [0.25, 0.3) is 0 Å². The molecule has 0 bridgehead atoms. The fraction of sp³-hybridized carbons (Fsp3) is 0.471. The van der Waals surface area contributed by atoms with Crippen LogP contribution in [0, 0.1) is 0 Å². The predicted molar refractivity (Wildman–Crippen MR) is 95.3 cm³/mol. The summed E-state index contributed by atoms with van der Waals surface area (Å²) in [5, 5.41) is 3.98. The first-order chi connectivity index (χ1) is 10.5. The molecular formula is C17H23ClN4O. The van der Waals surface area contributed by atoms with E-state index in [-0.39, 0.29) is 23.7 Å². The average molecular weight is 335 g/mol. The van der Waals surface area contributed by atoms with Gasteiger partial charge in [0, 0.05) is 24.0 Å². The van der Waals surface area contributed by atoms with E-state index in [0.29, 0.717) is 12.3 Å². The van der Waals surface area contributed by atoms with Crippen LogP contribution in [0.5, 0.6) is 0 Å². The molecule has 2 atom stereocenters. The number of hydrogen-bond acceptors (Lipinski definition) is 3. The summed E-state index contributed by atoms with van der Waals surface area (Å²) in [6, 6.07) is 6.16. The van der Waals surface area contributed by atoms with Crippen molar-refractivity contribution >= 4 is 35.6 Å². The molecule has 124 valence electrons. The van der Waals surface area contributed by atoms with Gasteiger partial charge in [-0.2, -0.15) is 5.10 Å². The number of imidazole rings is 1. The second-order valence-electron chi connectivity index (χ2n) is 6.43. The molecular weight excluding hydrogens is 312 g/mol. The van der Waals surface area contributed by atoms with Crippen molar-refractivity contribution in [3.8, 4) is 0 Å². The standard InChI is InChI=1S/C17H22N4O.ClH/c1-4-5-11(2)16-19-13-7-6-12(8-14(13)20-16)17(3)9-15(22)21-18-10-17;/h6-8,10-11H,4-5,9H2,1-3H3,(H,19,20)(H,21,22);1H. The van der Waals surface area contributed by atoms with Crippen molar-refractivity contribution in [1.82, 2.24) is 15.4 Å². The molecule has 1 aromatic heterocycles. The van der Waals surface area contributed by atoms with E-state index in [1.165, 1.54) is 0 Å². The zero-order valence-electron chi connectivity index (χ0n) is 13.7. The van der Waals surface area contributed by atoms with Crippen LogP contribution in [0.1, 0.15) is 57.3 Å². The SMILES string of the molecule is CCCC(C)c1nc2ccc(C3(C)C=NNC(=O)C3)cc2[nH]1.Cl. The number of aromatic nitrogens is 2. The summed E-state index contributed by atoms with van der Waals surface area (Å²) < 4.78 is 0. The number of hydrazone groups is 1. The van der Waals surface area contributed by atoms with Gasteiger partial charge in [-0.25, -0.2) is 10.4 Å². The number of halogens is 1. The third-order valence-corrected chi connectivity index (χ3v) is 4.41. The molecule has 1 amide bonds. The molecule has 6 heteroatoms. The van der Waals surface area contributed by atoms with Gasteiger partial charge in [0.15, 0.2) is 0 Å². The number of fused-ring (bicyclic) bond motifs is 1. The van der Waals surface area contributed by atoms with Crippen LogP contribution in [0.4, 0.5) is 0 Å². The van der Waals surface area contributed by atoms with E-state index in [0.717, 1.165) is 35.3 Å². The van der Waals surface area contributed by atoms with E-state index in [4.69, 9.17) is 0 Å². The molecule has 2 heterocycles. The molecule has 2 aromatic rings. The molecule has 5 nitrogen and oxygen atoms in total. The lowest BCUT2D eigenvalue weighted by atomic mass is 9.79. The zero-order chi connectivity index (χ0) is 15.7. The fourth-order valence-corrected chi connectivity index (χ4v) is 3.03. The number of carbonyl (C=O) groups excluding carboxylic acids is 1. The van der Waals surface area contributed by atoms with Crippen LogP contribution >= 0.6 is 12.4 Å². The number of rotatable bonds is 4. The summed E-state index contributed by atoms with van der Waals surface area (Å²) >= 11 is 0. The highest BCUT2D eigenvalue weighted by atomic mass is 35.5. The number of nitrogens with one attached hydrogen (secondary N) is 2. The molecule has 0 saturated carbocycles. The van der Waals surface area contributed by atoms with E-state index in [1.807, 2.05) is 25.3 Å². The summed E-state index contributed by atoms with van der Waals surface area (Å²) in [7, 11) is 0. The van der Waals surface area contributed by atoms with Gasteiger partial charge in [0.05, 0.1) is 11.0 Å². The second-order valence-corrected chi connectivity index (χ2v) is 6.43. The largest absolute Gasteiger partial charge is 0.342 e. The Labute approximate surface area is 142 Å². The van der Waals surface area contributed by atoms with Crippen LogP contribution in [-0.4, -0.2) is 22.1 Å². The number of hydrogen-bond donors (Lipinski definition) is 2. The molecule has 0 aliphatic carbocycles. The lowest BCUT2D eigenvalue weighted by Gasteiger charge is -2.27. The normalized spacial score (nSPS) is 21.8. The number of amides is 1. The van der Waals surface area contributed by atoms with Crippen LogP contribution in [0.15, 0.2) is 23.3 Å². The smallest absolute Gasteiger partial charge is 0.241 e. The fourth-order valence-electron chi connectivity index (χ4n) is 3.03. The highest BCUT2D eigenvalue weighted by Gasteiger charge is 2.31. The Morgan fingerprint density at radius 2 is 2.17 bits per heavy atom. The van der Waals surface area contributed by atoms with Crippen molar-refractivity contribution in [2.24, 2.45) is 5.10 Å². The Bertz CT molecular complexity index is 739. The number of H-pyrrole nitrogens is 1. The molecule has 0 fully saturated rings. The van der Waals surface area contributed by atoms with Gasteiger partial charge in [-0.3, -0.25) is 4.79 Å². The van der Waals surface area contributed by atoms with E-state index in [1.54, 1.807) is 0 Å². The summed E-state index contributed by atoms with van der Waals surface area (Å²) in [4.78, 5) is 19.8. The van der Waals surface area contributed by atoms with Crippen LogP contribution < -0.4 is 5.43 Å². The summed E-state index contributed by atoms with van der Waals surface area (Å²) in [5.41, 5.74) is 5.20. The predicted octanol–water partition coefficient (Wildman–Crippen LogP) is 3.65. The quantitative estimate of drug-likeness (QED) is 0.895. The van der Waals surface area contributed by atoms with Gasteiger partial charge < -0.3 is 4.98 Å². The summed E-state index contributed by atoms with van der Waals surface area (Å²) in [5.74, 6) is 1.42. The van der Waals surface area contributed by atoms with Gasteiger partial charge in [-0.15, -0.1) is 12.4 Å². The highest BCUT2D eigenvalue weighted by molar-refractivity contribution is 5.90. The molecule has 0 radical (unpaired) electrons. The second kappa shape index (κ2) is 6.71. The van der Waals surface area contributed by atoms with Gasteiger partial charge >= 0.3 is 0 Å². The summed E-state index contributed by atoms with van der Waals surface area (Å²) in [6.45, 7) is 6.42. The van der Waals surface area contributed by atoms with E-state index < -0.39 is 0 Å². The maximum atomic E-state index is 11.6. The molecule has 0 saturated heterocycles. The molecule has 1 aliphatic heterocycles. The number of carbonyl (C=O) groups is 1. The topological polar surface area (TPSA) is 70.1 Å². The van der Waals surface area contributed by atoms with Crippen LogP contribution in [-0.2, 0) is 10.2 Å². The highest BCUT2D eigenvalue weighted by Crippen LogP contribution is 2.30. The lowest BCUT2D eigenvalue weighted by Crippen LogP contribution is -2.37. The van der Waals surface area contributed by atoms with E-state index >= 15 is 0 Å². The minimum absolute atomic E-state index is 0. The van der Waals surface area contributed by atoms with Crippen LogP contribution in [0.25, 0.3) is 11.0 Å². The van der Waals surface area contributed by atoms with Crippen molar-refractivity contribution in [1.29, 1.82) is 0 Å². The maximum absolute atomic E-state index is 11.6. The molecule has 0 spiro atoms. The van der Waals surface area contributed by atoms with E-state index in [2.05, 4.69) is 40.4 Å². The minimum Gasteiger partial charge on any atom is -0.342 e. The maximum Gasteiger partial charge on any atom is 0.241 e. The first-order valence-electron chi connectivity index (χ1n) is 7.85. The minimum atomic E-state index is -0.364. The third kappa shape index (κ3) is 3.39. The first kappa shape index (κ1) is 17.5. The molecule has 1 aromatic carbocycles. The average Bonchev–Trinajstić information content (AvgIpc) is 2.90. The monoisotopic (exact) mass is 334 g/mol. The van der Waals surface area contributed by atoms with Gasteiger partial charge in [0.2, 0.25) is 5.91 Å². The first-order valence-corrected chi connectivity index (χ1v) is 7.85. The summed E-state index contributed by atoms with van der Waals surface area (Å²) in [6.07, 6.45) is 4.49. The Hall–Kier alpha value is -1.88. The molecule has 2 N–H and O–H groups in total. The van der Waals surface area contributed by atoms with Crippen LogP contribution in [0.3, 0.4) is 0 Å². The van der Waals surface area contributed by atoms with Crippen LogP contribution in [0.2, 0.25) is 0 Å². The van der Waals surface area contributed by atoms with Gasteiger partial charge in [-0.1, -0.05) is 26.3 Å². The number of nitrogens with zero attached hydrogens (tertiary/aromatic N) is 2. The van der Waals surface area contributed by atoms with Crippen molar-refractivity contribution in [2.45, 2.75) is 51.4 Å². The Morgan fingerprint density at radius 1 is 1.39 bits per heavy atom. The third-order valence-electron chi connectivity index (χ3n) is 4.41. The van der Waals surface area contributed by atoms with Crippen molar-refractivity contribution in [3.63, 3.8) is 0 Å². The Morgan fingerprint density at radius 3 is 2.87 bits per heavy atom. The molecule has 3 rings (SSSR count). The van der Waals surface area contributed by atoms with Crippen molar-refractivity contribution in [3.05, 3.63) is 29.6 Å². The zero-order valence-corrected chi connectivity index (χ0v) is 14.5. The van der Waals surface area contributed by atoms with Crippen molar-refractivity contribution in [2.75, 3.05) is 0 Å². The number of aromatic amines is 1.